The fraction of sp³-hybridized carbons (Fsp3) is 0.417. The normalized spacial score (nSPS) is 17.5. The lowest BCUT2D eigenvalue weighted by molar-refractivity contribution is 0.00306. The van der Waals surface area contributed by atoms with Crippen molar-refractivity contribution in [3.63, 3.8) is 0 Å². The minimum absolute atomic E-state index is 0.00525. The monoisotopic (exact) mass is 324 g/mol. The summed E-state index contributed by atoms with van der Waals surface area (Å²) >= 11 is 5.81. The summed E-state index contributed by atoms with van der Waals surface area (Å²) in [5.41, 5.74) is -1.13. The molecule has 0 aromatic carbocycles. The highest BCUT2D eigenvalue weighted by Gasteiger charge is 2.38. The van der Waals surface area contributed by atoms with E-state index in [4.69, 9.17) is 16.7 Å². The molecule has 22 heavy (non-hydrogen) atoms. The van der Waals surface area contributed by atoms with Gasteiger partial charge in [0.1, 0.15) is 11.4 Å². The molecule has 2 aromatic rings. The molecule has 1 saturated heterocycles. The van der Waals surface area contributed by atoms with Crippen LogP contribution in [0.1, 0.15) is 29.0 Å². The Morgan fingerprint density at radius 2 is 2.14 bits per heavy atom. The van der Waals surface area contributed by atoms with Crippen molar-refractivity contribution in [2.75, 3.05) is 18.0 Å². The van der Waals surface area contributed by atoms with Gasteiger partial charge >= 0.3 is 5.97 Å². The lowest BCUT2D eigenvalue weighted by atomic mass is 9.90. The number of H-pyrrole nitrogens is 1. The van der Waals surface area contributed by atoms with Crippen molar-refractivity contribution >= 4 is 23.4 Å². The molecular formula is C12H13ClN6O3. The van der Waals surface area contributed by atoms with Crippen molar-refractivity contribution in [2.45, 2.75) is 18.4 Å². The van der Waals surface area contributed by atoms with E-state index in [-0.39, 0.29) is 16.4 Å². The Bertz CT molecular complexity index is 684. The molecule has 1 aliphatic rings. The van der Waals surface area contributed by atoms with Gasteiger partial charge in [-0.3, -0.25) is 0 Å². The average Bonchev–Trinajstić information content (AvgIpc) is 3.03. The molecule has 0 atom stereocenters. The number of nitrogens with zero attached hydrogens (tertiary/aromatic N) is 5. The molecule has 3 N–H and O–H groups in total. The fourth-order valence-corrected chi connectivity index (χ4v) is 2.64. The van der Waals surface area contributed by atoms with Gasteiger partial charge in [0, 0.05) is 32.1 Å². The molecule has 0 unspecified atom stereocenters. The first kappa shape index (κ1) is 14.7. The SMILES string of the molecule is O=C(O)c1cc(N2CCC(O)(c3nn[nH]n3)CC2)ncc1Cl. The molecule has 0 spiro atoms. The molecule has 3 rings (SSSR count). The van der Waals surface area contributed by atoms with Gasteiger partial charge in [-0.2, -0.15) is 5.21 Å². The summed E-state index contributed by atoms with van der Waals surface area (Å²) in [6, 6.07) is 1.43. The summed E-state index contributed by atoms with van der Waals surface area (Å²) in [6.07, 6.45) is 2.10. The van der Waals surface area contributed by atoms with Crippen LogP contribution in [0.25, 0.3) is 0 Å². The zero-order valence-corrected chi connectivity index (χ0v) is 12.2. The van der Waals surface area contributed by atoms with Gasteiger partial charge in [0.15, 0.2) is 0 Å². The molecule has 9 nitrogen and oxygen atoms in total. The van der Waals surface area contributed by atoms with Crippen molar-refractivity contribution in [2.24, 2.45) is 0 Å². The maximum Gasteiger partial charge on any atom is 0.337 e. The minimum atomic E-state index is -1.13. The molecule has 116 valence electrons. The second-order valence-corrected chi connectivity index (χ2v) is 5.49. The molecule has 0 aliphatic carbocycles. The maximum atomic E-state index is 11.1. The van der Waals surface area contributed by atoms with Crippen LogP contribution in [0.5, 0.6) is 0 Å². The molecule has 1 aliphatic heterocycles. The first-order valence-electron chi connectivity index (χ1n) is 6.60. The number of hydrogen-bond donors (Lipinski definition) is 3. The Kier molecular flexibility index (Phi) is 3.67. The number of piperidine rings is 1. The highest BCUT2D eigenvalue weighted by molar-refractivity contribution is 6.33. The van der Waals surface area contributed by atoms with E-state index in [1.54, 1.807) is 0 Å². The number of tetrazole rings is 1. The van der Waals surface area contributed by atoms with Gasteiger partial charge in [0.2, 0.25) is 5.82 Å². The zero-order valence-electron chi connectivity index (χ0n) is 11.4. The van der Waals surface area contributed by atoms with Crippen LogP contribution in [-0.2, 0) is 5.60 Å². The number of rotatable bonds is 3. The molecule has 0 amide bonds. The van der Waals surface area contributed by atoms with Crippen LogP contribution in [0.3, 0.4) is 0 Å². The van der Waals surface area contributed by atoms with Crippen molar-refractivity contribution < 1.29 is 15.0 Å². The predicted molar refractivity (Wildman–Crippen MR) is 75.7 cm³/mol. The third-order valence-electron chi connectivity index (χ3n) is 3.75. The standard InChI is InChI=1S/C12H13ClN6O3/c13-8-6-14-9(5-7(8)10(20)21)19-3-1-12(22,2-4-19)11-15-17-18-16-11/h5-6,22H,1-4H2,(H,20,21)(H,15,16,17,18). The van der Waals surface area contributed by atoms with E-state index in [1.807, 2.05) is 4.90 Å². The molecular weight excluding hydrogens is 312 g/mol. The number of aromatic carboxylic acids is 1. The lowest BCUT2D eigenvalue weighted by Crippen LogP contribution is -2.43. The number of aromatic nitrogens is 5. The van der Waals surface area contributed by atoms with Crippen LogP contribution < -0.4 is 4.90 Å². The summed E-state index contributed by atoms with van der Waals surface area (Å²) in [5, 5.41) is 33.2. The third kappa shape index (κ3) is 2.60. The van der Waals surface area contributed by atoms with Crippen LogP contribution in [-0.4, -0.2) is 54.9 Å². The summed E-state index contributed by atoms with van der Waals surface area (Å²) in [5.74, 6) is -0.326. The largest absolute Gasteiger partial charge is 0.478 e. The number of aromatic amines is 1. The van der Waals surface area contributed by atoms with Crippen LogP contribution in [0, 0.1) is 0 Å². The quantitative estimate of drug-likeness (QED) is 0.741. The molecule has 0 radical (unpaired) electrons. The number of halogens is 1. The van der Waals surface area contributed by atoms with Gasteiger partial charge in [-0.15, -0.1) is 10.2 Å². The lowest BCUT2D eigenvalue weighted by Gasteiger charge is -2.36. The molecule has 1 fully saturated rings. The number of hydrogen-bond acceptors (Lipinski definition) is 7. The second kappa shape index (κ2) is 5.50. The van der Waals surface area contributed by atoms with E-state index in [1.165, 1.54) is 12.3 Å². The Morgan fingerprint density at radius 3 is 2.73 bits per heavy atom. The Labute approximate surface area is 129 Å². The Morgan fingerprint density at radius 1 is 1.41 bits per heavy atom. The van der Waals surface area contributed by atoms with E-state index in [9.17, 15) is 9.90 Å². The third-order valence-corrected chi connectivity index (χ3v) is 4.05. The molecule has 0 saturated carbocycles. The van der Waals surface area contributed by atoms with Crippen LogP contribution in [0.2, 0.25) is 5.02 Å². The van der Waals surface area contributed by atoms with Crippen LogP contribution >= 0.6 is 11.6 Å². The van der Waals surface area contributed by atoms with Gasteiger partial charge in [-0.1, -0.05) is 16.8 Å². The molecule has 10 heteroatoms. The summed E-state index contributed by atoms with van der Waals surface area (Å²) in [7, 11) is 0. The van der Waals surface area contributed by atoms with Crippen molar-refractivity contribution in [3.8, 4) is 0 Å². The Balaban J connectivity index is 1.77. The number of aliphatic hydroxyl groups is 1. The van der Waals surface area contributed by atoms with Gasteiger partial charge < -0.3 is 15.1 Å². The van der Waals surface area contributed by atoms with Gasteiger partial charge in [0.25, 0.3) is 0 Å². The van der Waals surface area contributed by atoms with E-state index in [0.717, 1.165) is 0 Å². The molecule has 3 heterocycles. The maximum absolute atomic E-state index is 11.1. The predicted octanol–water partition coefficient (Wildman–Crippen LogP) is 0.434. The van der Waals surface area contributed by atoms with Crippen molar-refractivity contribution in [1.29, 1.82) is 0 Å². The average molecular weight is 325 g/mol. The zero-order chi connectivity index (χ0) is 15.7. The number of pyridine rings is 1. The van der Waals surface area contributed by atoms with Gasteiger partial charge in [-0.25, -0.2) is 9.78 Å². The number of carboxylic acid groups (broad SMARTS) is 1. The number of nitrogens with one attached hydrogen (secondary N) is 1. The van der Waals surface area contributed by atoms with Crippen molar-refractivity contribution in [1.82, 2.24) is 25.6 Å². The van der Waals surface area contributed by atoms with E-state index in [0.29, 0.717) is 31.7 Å². The number of carbonyl (C=O) groups is 1. The number of anilines is 1. The number of carboxylic acids is 1. The summed E-state index contributed by atoms with van der Waals surface area (Å²) < 4.78 is 0. The van der Waals surface area contributed by atoms with Gasteiger partial charge in [0.05, 0.1) is 10.6 Å². The first-order chi connectivity index (χ1) is 10.5. The highest BCUT2D eigenvalue weighted by atomic mass is 35.5. The Hall–Kier alpha value is -2.26. The van der Waals surface area contributed by atoms with Crippen LogP contribution in [0.4, 0.5) is 5.82 Å². The smallest absolute Gasteiger partial charge is 0.337 e. The fourth-order valence-electron chi connectivity index (χ4n) is 2.45. The van der Waals surface area contributed by atoms with Crippen molar-refractivity contribution in [3.05, 3.63) is 28.7 Å². The molecule has 2 aromatic heterocycles. The van der Waals surface area contributed by atoms with Crippen LogP contribution in [0.15, 0.2) is 12.3 Å². The van der Waals surface area contributed by atoms with E-state index < -0.39 is 11.6 Å². The topological polar surface area (TPSA) is 128 Å². The van der Waals surface area contributed by atoms with E-state index >= 15 is 0 Å². The first-order valence-corrected chi connectivity index (χ1v) is 6.97. The minimum Gasteiger partial charge on any atom is -0.478 e. The van der Waals surface area contributed by atoms with E-state index in [2.05, 4.69) is 25.6 Å². The second-order valence-electron chi connectivity index (χ2n) is 5.08. The highest BCUT2D eigenvalue weighted by Crippen LogP contribution is 2.32. The van der Waals surface area contributed by atoms with Gasteiger partial charge in [-0.05, 0) is 6.07 Å². The summed E-state index contributed by atoms with van der Waals surface area (Å²) in [6.45, 7) is 0.970. The summed E-state index contributed by atoms with van der Waals surface area (Å²) in [4.78, 5) is 17.2. The molecule has 0 bridgehead atoms.